The molecule has 1 amide bonds. The van der Waals surface area contributed by atoms with Crippen LogP contribution in [-0.2, 0) is 11.2 Å². The van der Waals surface area contributed by atoms with E-state index in [9.17, 15) is 4.79 Å². The van der Waals surface area contributed by atoms with Gasteiger partial charge in [-0.2, -0.15) is 0 Å². The zero-order chi connectivity index (χ0) is 15.5. The summed E-state index contributed by atoms with van der Waals surface area (Å²) in [6.07, 6.45) is 2.25. The van der Waals surface area contributed by atoms with Gasteiger partial charge >= 0.3 is 0 Å². The van der Waals surface area contributed by atoms with E-state index in [1.165, 1.54) is 0 Å². The van der Waals surface area contributed by atoms with Crippen molar-refractivity contribution in [3.63, 3.8) is 0 Å². The Hall–Kier alpha value is -2.26. The molecule has 3 rings (SSSR count). The first-order chi connectivity index (χ1) is 10.6. The molecule has 0 saturated carbocycles. The maximum Gasteiger partial charge on any atom is 0.224 e. The number of carbonyl (C=O) groups is 1. The van der Waals surface area contributed by atoms with Crippen LogP contribution in [-0.4, -0.2) is 10.9 Å². The number of hydrogen-bond acceptors (Lipinski definition) is 1. The lowest BCUT2D eigenvalue weighted by atomic mass is 10.1. The molecule has 1 atom stereocenters. The Kier molecular flexibility index (Phi) is 4.16. The Morgan fingerprint density at radius 2 is 2.05 bits per heavy atom. The van der Waals surface area contributed by atoms with Crippen LogP contribution in [0.4, 0.5) is 0 Å². The van der Waals surface area contributed by atoms with Gasteiger partial charge in [-0.1, -0.05) is 41.9 Å². The Labute approximate surface area is 134 Å². The fourth-order valence-electron chi connectivity index (χ4n) is 2.60. The zero-order valence-corrected chi connectivity index (χ0v) is 13.0. The quantitative estimate of drug-likeness (QED) is 0.743. The van der Waals surface area contributed by atoms with Gasteiger partial charge in [0.05, 0.1) is 12.5 Å². The minimum absolute atomic E-state index is 0.00257. The number of halogens is 1. The van der Waals surface area contributed by atoms with Crippen molar-refractivity contribution >= 4 is 28.4 Å². The molecule has 3 nitrogen and oxygen atoms in total. The third-order valence-electron chi connectivity index (χ3n) is 3.75. The van der Waals surface area contributed by atoms with Gasteiger partial charge in [0.1, 0.15) is 0 Å². The molecule has 0 spiro atoms. The minimum Gasteiger partial charge on any atom is -0.361 e. The molecule has 0 radical (unpaired) electrons. The molecular formula is C18H17ClN2O. The Balaban J connectivity index is 1.70. The molecule has 0 saturated heterocycles. The fourth-order valence-corrected chi connectivity index (χ4v) is 2.80. The molecule has 22 heavy (non-hydrogen) atoms. The average molecular weight is 313 g/mol. The first kappa shape index (κ1) is 14.7. The minimum atomic E-state index is -0.0728. The molecule has 3 aromatic rings. The molecule has 1 heterocycles. The summed E-state index contributed by atoms with van der Waals surface area (Å²) in [7, 11) is 0. The molecule has 112 valence electrons. The second kappa shape index (κ2) is 6.24. The number of nitrogens with one attached hydrogen (secondary N) is 2. The van der Waals surface area contributed by atoms with Crippen molar-refractivity contribution in [3.8, 4) is 0 Å². The second-order valence-electron chi connectivity index (χ2n) is 5.38. The smallest absolute Gasteiger partial charge is 0.224 e. The lowest BCUT2D eigenvalue weighted by molar-refractivity contribution is -0.121. The zero-order valence-electron chi connectivity index (χ0n) is 12.3. The highest BCUT2D eigenvalue weighted by Gasteiger charge is 2.12. The number of hydrogen-bond donors (Lipinski definition) is 2. The van der Waals surface area contributed by atoms with Gasteiger partial charge in [0, 0.05) is 22.1 Å². The van der Waals surface area contributed by atoms with Gasteiger partial charge in [-0.25, -0.2) is 0 Å². The van der Waals surface area contributed by atoms with Gasteiger partial charge in [0.2, 0.25) is 5.91 Å². The highest BCUT2D eigenvalue weighted by Crippen LogP contribution is 2.20. The first-order valence-corrected chi connectivity index (χ1v) is 7.61. The van der Waals surface area contributed by atoms with Crippen LogP contribution in [0.3, 0.4) is 0 Å². The largest absolute Gasteiger partial charge is 0.361 e. The molecule has 2 N–H and O–H groups in total. The van der Waals surface area contributed by atoms with Crippen molar-refractivity contribution in [1.29, 1.82) is 0 Å². The monoisotopic (exact) mass is 312 g/mol. The van der Waals surface area contributed by atoms with Crippen LogP contribution in [0, 0.1) is 0 Å². The molecular weight excluding hydrogens is 296 g/mol. The first-order valence-electron chi connectivity index (χ1n) is 7.23. The van der Waals surface area contributed by atoms with Crippen LogP contribution in [0.2, 0.25) is 5.02 Å². The number of aromatic nitrogens is 1. The lowest BCUT2D eigenvalue weighted by Crippen LogP contribution is -2.28. The lowest BCUT2D eigenvalue weighted by Gasteiger charge is -2.14. The van der Waals surface area contributed by atoms with E-state index in [4.69, 9.17) is 11.6 Å². The van der Waals surface area contributed by atoms with E-state index >= 15 is 0 Å². The van der Waals surface area contributed by atoms with E-state index in [0.29, 0.717) is 11.4 Å². The summed E-state index contributed by atoms with van der Waals surface area (Å²) in [5.41, 5.74) is 3.05. The number of rotatable bonds is 4. The van der Waals surface area contributed by atoms with Crippen LogP contribution < -0.4 is 5.32 Å². The number of H-pyrrole nitrogens is 1. The summed E-state index contributed by atoms with van der Waals surface area (Å²) >= 11 is 5.99. The Morgan fingerprint density at radius 1 is 1.23 bits per heavy atom. The number of benzene rings is 2. The number of fused-ring (bicyclic) bond motifs is 1. The molecule has 0 aliphatic heterocycles. The number of carbonyl (C=O) groups excluding carboxylic acids is 1. The van der Waals surface area contributed by atoms with Crippen LogP contribution in [0.5, 0.6) is 0 Å². The maximum absolute atomic E-state index is 12.3. The SMILES string of the molecule is CC(NC(=O)Cc1c[nH]c2ccccc12)c1cccc(Cl)c1. The van der Waals surface area contributed by atoms with Crippen LogP contribution in [0.15, 0.2) is 54.7 Å². The molecule has 0 fully saturated rings. The molecule has 1 unspecified atom stereocenters. The summed E-state index contributed by atoms with van der Waals surface area (Å²) in [5, 5.41) is 4.78. The number of aromatic amines is 1. The van der Waals surface area contributed by atoms with Gasteiger partial charge in [0.15, 0.2) is 0 Å². The van der Waals surface area contributed by atoms with Crippen LogP contribution >= 0.6 is 11.6 Å². The normalized spacial score (nSPS) is 12.3. The standard InChI is InChI=1S/C18H17ClN2O/c1-12(13-5-4-6-15(19)9-13)21-18(22)10-14-11-20-17-8-3-2-7-16(14)17/h2-9,11-12,20H,10H2,1H3,(H,21,22). The predicted molar refractivity (Wildman–Crippen MR) is 90.0 cm³/mol. The van der Waals surface area contributed by atoms with Crippen molar-refractivity contribution in [2.24, 2.45) is 0 Å². The van der Waals surface area contributed by atoms with Crippen molar-refractivity contribution in [2.45, 2.75) is 19.4 Å². The topological polar surface area (TPSA) is 44.9 Å². The molecule has 2 aromatic carbocycles. The highest BCUT2D eigenvalue weighted by molar-refractivity contribution is 6.30. The van der Waals surface area contributed by atoms with E-state index < -0.39 is 0 Å². The van der Waals surface area contributed by atoms with E-state index in [1.54, 1.807) is 0 Å². The summed E-state index contributed by atoms with van der Waals surface area (Å²) in [4.78, 5) is 15.5. The second-order valence-corrected chi connectivity index (χ2v) is 5.82. The molecule has 4 heteroatoms. The average Bonchev–Trinajstić information content (AvgIpc) is 2.90. The van der Waals surface area contributed by atoms with E-state index in [2.05, 4.69) is 10.3 Å². The van der Waals surface area contributed by atoms with Gasteiger partial charge in [-0.05, 0) is 36.2 Å². The van der Waals surface area contributed by atoms with Crippen molar-refractivity contribution in [2.75, 3.05) is 0 Å². The summed E-state index contributed by atoms with van der Waals surface area (Å²) < 4.78 is 0. The van der Waals surface area contributed by atoms with Gasteiger partial charge < -0.3 is 10.3 Å². The molecule has 0 bridgehead atoms. The van der Waals surface area contributed by atoms with Crippen molar-refractivity contribution in [1.82, 2.24) is 10.3 Å². The van der Waals surface area contributed by atoms with E-state index in [1.807, 2.05) is 61.7 Å². The third kappa shape index (κ3) is 3.15. The molecule has 0 aliphatic carbocycles. The summed E-state index contributed by atoms with van der Waals surface area (Å²) in [6, 6.07) is 15.5. The maximum atomic E-state index is 12.3. The van der Waals surface area contributed by atoms with Crippen molar-refractivity contribution < 1.29 is 4.79 Å². The third-order valence-corrected chi connectivity index (χ3v) is 3.99. The van der Waals surface area contributed by atoms with Crippen LogP contribution in [0.25, 0.3) is 10.9 Å². The Morgan fingerprint density at radius 3 is 2.86 bits per heavy atom. The molecule has 1 aromatic heterocycles. The molecule has 0 aliphatic rings. The summed E-state index contributed by atoms with van der Waals surface area (Å²) in [5.74, 6) is -0.00257. The van der Waals surface area contributed by atoms with Gasteiger partial charge in [-0.15, -0.1) is 0 Å². The van der Waals surface area contributed by atoms with Crippen molar-refractivity contribution in [3.05, 3.63) is 70.9 Å². The highest BCUT2D eigenvalue weighted by atomic mass is 35.5. The van der Waals surface area contributed by atoms with Gasteiger partial charge in [-0.3, -0.25) is 4.79 Å². The fraction of sp³-hybridized carbons (Fsp3) is 0.167. The van der Waals surface area contributed by atoms with E-state index in [-0.39, 0.29) is 11.9 Å². The Bertz CT molecular complexity index is 809. The number of amides is 1. The van der Waals surface area contributed by atoms with E-state index in [0.717, 1.165) is 22.0 Å². The number of para-hydroxylation sites is 1. The summed E-state index contributed by atoms with van der Waals surface area (Å²) in [6.45, 7) is 1.96. The van der Waals surface area contributed by atoms with Crippen LogP contribution in [0.1, 0.15) is 24.1 Å². The predicted octanol–water partition coefficient (Wildman–Crippen LogP) is 4.24. The van der Waals surface area contributed by atoms with Gasteiger partial charge in [0.25, 0.3) is 0 Å².